The van der Waals surface area contributed by atoms with Crippen molar-refractivity contribution in [2.75, 3.05) is 26.3 Å². The first-order valence-corrected chi connectivity index (χ1v) is 4.93. The van der Waals surface area contributed by atoms with E-state index in [-0.39, 0.29) is 0 Å². The first-order chi connectivity index (χ1) is 5.86. The van der Waals surface area contributed by atoms with Crippen LogP contribution in [-0.4, -0.2) is 43.3 Å². The lowest BCUT2D eigenvalue weighted by Crippen LogP contribution is -2.42. The summed E-state index contributed by atoms with van der Waals surface area (Å²) < 4.78 is 5.31. The third-order valence-corrected chi connectivity index (χ3v) is 3.01. The Kier molecular flexibility index (Phi) is 2.63. The molecular formula is C9H18N2O. The van der Waals surface area contributed by atoms with E-state index in [4.69, 9.17) is 10.5 Å². The van der Waals surface area contributed by atoms with Crippen LogP contribution in [0.3, 0.4) is 0 Å². The highest BCUT2D eigenvalue weighted by Gasteiger charge is 2.27. The fourth-order valence-corrected chi connectivity index (χ4v) is 2.27. The van der Waals surface area contributed by atoms with E-state index in [2.05, 4.69) is 4.90 Å². The second-order valence-corrected chi connectivity index (χ2v) is 3.88. The molecule has 0 bridgehead atoms. The van der Waals surface area contributed by atoms with Gasteiger partial charge in [0, 0.05) is 25.2 Å². The van der Waals surface area contributed by atoms with E-state index in [0.29, 0.717) is 6.04 Å². The van der Waals surface area contributed by atoms with Gasteiger partial charge in [-0.1, -0.05) is 0 Å². The van der Waals surface area contributed by atoms with Gasteiger partial charge in [-0.25, -0.2) is 0 Å². The predicted octanol–water partition coefficient (Wildman–Crippen LogP) is 0.198. The number of nitrogens with zero attached hydrogens (tertiary/aromatic N) is 1. The van der Waals surface area contributed by atoms with Crippen LogP contribution in [0.5, 0.6) is 0 Å². The molecule has 0 aromatic rings. The summed E-state index contributed by atoms with van der Waals surface area (Å²) >= 11 is 0. The van der Waals surface area contributed by atoms with Gasteiger partial charge in [0.1, 0.15) is 0 Å². The topological polar surface area (TPSA) is 38.5 Å². The third-order valence-electron chi connectivity index (χ3n) is 3.01. The molecule has 2 fully saturated rings. The zero-order valence-electron chi connectivity index (χ0n) is 7.54. The molecule has 0 spiro atoms. The largest absolute Gasteiger partial charge is 0.379 e. The Morgan fingerprint density at radius 3 is 2.50 bits per heavy atom. The molecule has 1 aliphatic heterocycles. The lowest BCUT2D eigenvalue weighted by Gasteiger charge is -2.32. The minimum Gasteiger partial charge on any atom is -0.379 e. The van der Waals surface area contributed by atoms with Crippen LogP contribution >= 0.6 is 0 Å². The zero-order chi connectivity index (χ0) is 8.39. The lowest BCUT2D eigenvalue weighted by molar-refractivity contribution is 0.0178. The molecular weight excluding hydrogens is 152 g/mol. The van der Waals surface area contributed by atoms with E-state index in [9.17, 15) is 0 Å². The van der Waals surface area contributed by atoms with Crippen LogP contribution in [0.15, 0.2) is 0 Å². The summed E-state index contributed by atoms with van der Waals surface area (Å²) in [5.41, 5.74) is 5.87. The van der Waals surface area contributed by atoms with Gasteiger partial charge < -0.3 is 10.5 Å². The Hall–Kier alpha value is -0.120. The van der Waals surface area contributed by atoms with Crippen molar-refractivity contribution >= 4 is 0 Å². The van der Waals surface area contributed by atoms with Crippen LogP contribution in [0.4, 0.5) is 0 Å². The van der Waals surface area contributed by atoms with Gasteiger partial charge in [0.25, 0.3) is 0 Å². The van der Waals surface area contributed by atoms with E-state index < -0.39 is 0 Å². The molecule has 3 heteroatoms. The monoisotopic (exact) mass is 170 g/mol. The standard InChI is InChI=1S/C9H18N2O/c10-8-1-2-9(7-8)11-3-5-12-6-4-11/h8-9H,1-7,10H2. The van der Waals surface area contributed by atoms with Crippen molar-refractivity contribution in [3.8, 4) is 0 Å². The van der Waals surface area contributed by atoms with Crippen LogP contribution in [0.25, 0.3) is 0 Å². The third kappa shape index (κ3) is 1.79. The summed E-state index contributed by atoms with van der Waals surface area (Å²) in [6.07, 6.45) is 3.70. The van der Waals surface area contributed by atoms with Gasteiger partial charge in [0.15, 0.2) is 0 Å². The first-order valence-electron chi connectivity index (χ1n) is 4.93. The van der Waals surface area contributed by atoms with Gasteiger partial charge >= 0.3 is 0 Å². The van der Waals surface area contributed by atoms with E-state index >= 15 is 0 Å². The minimum atomic E-state index is 0.456. The maximum Gasteiger partial charge on any atom is 0.0594 e. The van der Waals surface area contributed by atoms with E-state index in [1.165, 1.54) is 19.3 Å². The van der Waals surface area contributed by atoms with Gasteiger partial charge in [0.05, 0.1) is 13.2 Å². The summed E-state index contributed by atoms with van der Waals surface area (Å²) in [7, 11) is 0. The summed E-state index contributed by atoms with van der Waals surface area (Å²) in [5.74, 6) is 0. The van der Waals surface area contributed by atoms with Gasteiger partial charge in [-0.15, -0.1) is 0 Å². The number of hydrogen-bond acceptors (Lipinski definition) is 3. The lowest BCUT2D eigenvalue weighted by atomic mass is 10.2. The Bertz CT molecular complexity index is 143. The predicted molar refractivity (Wildman–Crippen MR) is 48.0 cm³/mol. The van der Waals surface area contributed by atoms with Crippen LogP contribution in [0.1, 0.15) is 19.3 Å². The van der Waals surface area contributed by atoms with E-state index in [0.717, 1.165) is 32.3 Å². The SMILES string of the molecule is NC1CCC(N2CCOCC2)C1. The maximum absolute atomic E-state index is 5.87. The van der Waals surface area contributed by atoms with Crippen molar-refractivity contribution in [2.45, 2.75) is 31.3 Å². The number of morpholine rings is 1. The van der Waals surface area contributed by atoms with Crippen molar-refractivity contribution < 1.29 is 4.74 Å². The highest BCUT2D eigenvalue weighted by atomic mass is 16.5. The molecule has 12 heavy (non-hydrogen) atoms. The van der Waals surface area contributed by atoms with Crippen molar-refractivity contribution in [3.05, 3.63) is 0 Å². The van der Waals surface area contributed by atoms with Crippen LogP contribution in [-0.2, 0) is 4.74 Å². The fourth-order valence-electron chi connectivity index (χ4n) is 2.27. The number of hydrogen-bond donors (Lipinski definition) is 1. The molecule has 0 aromatic heterocycles. The summed E-state index contributed by atoms with van der Waals surface area (Å²) in [6.45, 7) is 4.03. The van der Waals surface area contributed by atoms with Crippen LogP contribution < -0.4 is 5.73 Å². The van der Waals surface area contributed by atoms with Crippen LogP contribution in [0.2, 0.25) is 0 Å². The van der Waals surface area contributed by atoms with E-state index in [1.807, 2.05) is 0 Å². The molecule has 1 aliphatic carbocycles. The molecule has 0 aromatic carbocycles. The zero-order valence-corrected chi connectivity index (χ0v) is 7.54. The normalized spacial score (nSPS) is 38.8. The van der Waals surface area contributed by atoms with Gasteiger partial charge in [0.2, 0.25) is 0 Å². The highest BCUT2D eigenvalue weighted by molar-refractivity contribution is 4.85. The smallest absolute Gasteiger partial charge is 0.0594 e. The molecule has 1 saturated heterocycles. The Labute approximate surface area is 73.9 Å². The highest BCUT2D eigenvalue weighted by Crippen LogP contribution is 2.23. The van der Waals surface area contributed by atoms with Gasteiger partial charge in [-0.05, 0) is 19.3 Å². The summed E-state index contributed by atoms with van der Waals surface area (Å²) in [4.78, 5) is 2.54. The van der Waals surface area contributed by atoms with Crippen molar-refractivity contribution in [2.24, 2.45) is 5.73 Å². The van der Waals surface area contributed by atoms with E-state index in [1.54, 1.807) is 0 Å². The summed E-state index contributed by atoms with van der Waals surface area (Å²) in [5, 5.41) is 0. The molecule has 3 nitrogen and oxygen atoms in total. The van der Waals surface area contributed by atoms with Crippen molar-refractivity contribution in [1.82, 2.24) is 4.90 Å². The molecule has 0 radical (unpaired) electrons. The average Bonchev–Trinajstić information content (AvgIpc) is 2.54. The molecule has 2 N–H and O–H groups in total. The van der Waals surface area contributed by atoms with Gasteiger partial charge in [-0.3, -0.25) is 4.90 Å². The van der Waals surface area contributed by atoms with Crippen LogP contribution in [0, 0.1) is 0 Å². The molecule has 2 atom stereocenters. The molecule has 0 amide bonds. The molecule has 70 valence electrons. The number of nitrogens with two attached hydrogens (primary N) is 1. The minimum absolute atomic E-state index is 0.456. The molecule has 1 saturated carbocycles. The average molecular weight is 170 g/mol. The summed E-state index contributed by atoms with van der Waals surface area (Å²) in [6, 6.07) is 1.21. The number of rotatable bonds is 1. The maximum atomic E-state index is 5.87. The van der Waals surface area contributed by atoms with Crippen molar-refractivity contribution in [1.29, 1.82) is 0 Å². The second-order valence-electron chi connectivity index (χ2n) is 3.88. The Morgan fingerprint density at radius 1 is 1.17 bits per heavy atom. The van der Waals surface area contributed by atoms with Crippen molar-refractivity contribution in [3.63, 3.8) is 0 Å². The number of ether oxygens (including phenoxy) is 1. The molecule has 2 aliphatic rings. The quantitative estimate of drug-likeness (QED) is 0.611. The first kappa shape index (κ1) is 8.48. The Morgan fingerprint density at radius 2 is 1.92 bits per heavy atom. The second kappa shape index (κ2) is 3.73. The molecule has 2 rings (SSSR count). The molecule has 2 unspecified atom stereocenters. The fraction of sp³-hybridized carbons (Fsp3) is 1.00. The van der Waals surface area contributed by atoms with Gasteiger partial charge in [-0.2, -0.15) is 0 Å². The molecule has 1 heterocycles. The Balaban J connectivity index is 1.83.